The molecule has 0 aliphatic carbocycles. The third-order valence-electron chi connectivity index (χ3n) is 6.28. The maximum Gasteiger partial charge on any atom is 0.264 e. The van der Waals surface area contributed by atoms with Crippen LogP contribution in [-0.4, -0.2) is 27.0 Å². The Morgan fingerprint density at radius 3 is 2.19 bits per heavy atom. The summed E-state index contributed by atoms with van der Waals surface area (Å²) in [6, 6.07) is 32.2. The smallest absolute Gasteiger partial charge is 0.264 e. The molecule has 0 aromatic heterocycles. The molecule has 0 spiro atoms. The predicted molar refractivity (Wildman–Crippen MR) is 139 cm³/mol. The van der Waals surface area contributed by atoms with Crippen LogP contribution in [0.4, 0.5) is 5.69 Å². The topological polar surface area (TPSA) is 75.7 Å². The largest absolute Gasteiger partial charge is 0.476 e. The third-order valence-corrected chi connectivity index (χ3v) is 8.07. The van der Waals surface area contributed by atoms with Crippen molar-refractivity contribution < 1.29 is 17.9 Å². The van der Waals surface area contributed by atoms with E-state index in [0.717, 1.165) is 16.7 Å². The lowest BCUT2D eigenvalue weighted by Crippen LogP contribution is -2.51. The number of nitrogens with zero attached hydrogens (tertiary/aromatic N) is 1. The first-order valence-electron chi connectivity index (χ1n) is 11.7. The second-order valence-corrected chi connectivity index (χ2v) is 10.5. The molecule has 182 valence electrons. The Labute approximate surface area is 211 Å². The number of ether oxygens (including phenoxy) is 1. The summed E-state index contributed by atoms with van der Waals surface area (Å²) in [5.41, 5.74) is 3.32. The Morgan fingerprint density at radius 2 is 1.47 bits per heavy atom. The van der Waals surface area contributed by atoms with Crippen molar-refractivity contribution in [1.29, 1.82) is 0 Å². The summed E-state index contributed by atoms with van der Waals surface area (Å²) in [5.74, 6) is -0.0505. The van der Waals surface area contributed by atoms with Crippen molar-refractivity contribution >= 4 is 21.6 Å². The van der Waals surface area contributed by atoms with Crippen LogP contribution in [0.3, 0.4) is 0 Å². The summed E-state index contributed by atoms with van der Waals surface area (Å²) in [6.07, 6.45) is -1.03. The zero-order valence-electron chi connectivity index (χ0n) is 19.7. The molecule has 4 aromatic carbocycles. The van der Waals surface area contributed by atoms with Gasteiger partial charge in [0.2, 0.25) is 0 Å². The summed E-state index contributed by atoms with van der Waals surface area (Å²) in [5, 5.41) is 3.12. The summed E-state index contributed by atoms with van der Waals surface area (Å²) in [7, 11) is -3.91. The third kappa shape index (κ3) is 4.57. The summed E-state index contributed by atoms with van der Waals surface area (Å²) in [6.45, 7) is 1.86. The van der Waals surface area contributed by atoms with Crippen molar-refractivity contribution in [2.75, 3.05) is 10.8 Å². The number of anilines is 1. The van der Waals surface area contributed by atoms with Crippen molar-refractivity contribution in [3.05, 3.63) is 126 Å². The lowest BCUT2D eigenvalue weighted by atomic mass is 9.94. The van der Waals surface area contributed by atoms with Crippen LogP contribution in [0.1, 0.15) is 22.7 Å². The van der Waals surface area contributed by atoms with Crippen LogP contribution < -0.4 is 14.4 Å². The van der Waals surface area contributed by atoms with Gasteiger partial charge in [0.25, 0.3) is 15.9 Å². The Bertz CT molecular complexity index is 1470. The van der Waals surface area contributed by atoms with Gasteiger partial charge in [0.05, 0.1) is 23.2 Å². The fourth-order valence-electron chi connectivity index (χ4n) is 4.42. The molecule has 7 heteroatoms. The highest BCUT2D eigenvalue weighted by Crippen LogP contribution is 2.37. The Kier molecular flexibility index (Phi) is 6.48. The number of nitrogens with one attached hydrogen (secondary N) is 1. The summed E-state index contributed by atoms with van der Waals surface area (Å²) >= 11 is 0. The van der Waals surface area contributed by atoms with Gasteiger partial charge in [-0.3, -0.25) is 9.10 Å². The lowest BCUT2D eigenvalue weighted by Gasteiger charge is -2.35. The van der Waals surface area contributed by atoms with E-state index in [-0.39, 0.29) is 11.4 Å². The van der Waals surface area contributed by atoms with Crippen LogP contribution in [-0.2, 0) is 14.8 Å². The minimum atomic E-state index is -3.91. The number of aryl methyl sites for hydroxylation is 1. The van der Waals surface area contributed by atoms with Gasteiger partial charge < -0.3 is 10.1 Å². The average Bonchev–Trinajstić information content (AvgIpc) is 2.92. The first-order valence-corrected chi connectivity index (χ1v) is 13.1. The number of rotatable bonds is 6. The molecule has 1 aliphatic rings. The number of amides is 1. The van der Waals surface area contributed by atoms with Gasteiger partial charge in [0, 0.05) is 0 Å². The van der Waals surface area contributed by atoms with E-state index in [1.807, 2.05) is 61.5 Å². The van der Waals surface area contributed by atoms with Crippen LogP contribution >= 0.6 is 0 Å². The molecule has 1 heterocycles. The van der Waals surface area contributed by atoms with E-state index < -0.39 is 28.1 Å². The maximum atomic E-state index is 13.6. The maximum absolute atomic E-state index is 13.6. The number of carbonyl (C=O) groups is 1. The first kappa shape index (κ1) is 23.6. The van der Waals surface area contributed by atoms with Gasteiger partial charge in [-0.15, -0.1) is 0 Å². The highest BCUT2D eigenvalue weighted by Gasteiger charge is 2.38. The van der Waals surface area contributed by atoms with E-state index in [1.54, 1.807) is 54.6 Å². The van der Waals surface area contributed by atoms with Crippen LogP contribution in [0.15, 0.2) is 114 Å². The van der Waals surface area contributed by atoms with Gasteiger partial charge in [-0.1, -0.05) is 84.9 Å². The Hall–Kier alpha value is -4.10. The fourth-order valence-corrected chi connectivity index (χ4v) is 5.92. The summed E-state index contributed by atoms with van der Waals surface area (Å²) < 4.78 is 34.4. The molecule has 0 unspecified atom stereocenters. The minimum Gasteiger partial charge on any atom is -0.476 e. The molecule has 6 nitrogen and oxygen atoms in total. The van der Waals surface area contributed by atoms with Crippen molar-refractivity contribution in [1.82, 2.24) is 5.32 Å². The molecule has 1 amide bonds. The predicted octanol–water partition coefficient (Wildman–Crippen LogP) is 4.86. The monoisotopic (exact) mass is 498 g/mol. The SMILES string of the molecule is Cc1ccccc1[C@H](NC(=O)[C@@H]1CN(S(=O)(=O)c2ccccc2)c2ccccc2O1)c1ccccc1. The zero-order valence-corrected chi connectivity index (χ0v) is 20.6. The van der Waals surface area contributed by atoms with Gasteiger partial charge in [-0.25, -0.2) is 8.42 Å². The molecule has 1 N–H and O–H groups in total. The van der Waals surface area contributed by atoms with E-state index in [0.29, 0.717) is 11.4 Å². The van der Waals surface area contributed by atoms with Crippen LogP contribution in [0, 0.1) is 6.92 Å². The quantitative estimate of drug-likeness (QED) is 0.412. The molecule has 2 atom stereocenters. The van der Waals surface area contributed by atoms with E-state index in [2.05, 4.69) is 5.32 Å². The lowest BCUT2D eigenvalue weighted by molar-refractivity contribution is -0.128. The molecule has 1 aliphatic heterocycles. The first-order chi connectivity index (χ1) is 17.4. The van der Waals surface area contributed by atoms with Crippen molar-refractivity contribution in [2.45, 2.75) is 24.0 Å². The van der Waals surface area contributed by atoms with E-state index in [1.165, 1.54) is 4.31 Å². The van der Waals surface area contributed by atoms with Crippen LogP contribution in [0.25, 0.3) is 0 Å². The second kappa shape index (κ2) is 9.87. The molecular formula is C29H26N2O4S. The number of para-hydroxylation sites is 2. The number of hydrogen-bond donors (Lipinski definition) is 1. The highest BCUT2D eigenvalue weighted by atomic mass is 32.2. The van der Waals surface area contributed by atoms with Gasteiger partial charge in [0.1, 0.15) is 5.75 Å². The number of hydrogen-bond acceptors (Lipinski definition) is 4. The Balaban J connectivity index is 1.49. The molecule has 5 rings (SSSR count). The molecule has 0 saturated carbocycles. The van der Waals surface area contributed by atoms with E-state index >= 15 is 0 Å². The van der Waals surface area contributed by atoms with Gasteiger partial charge in [-0.2, -0.15) is 0 Å². The fraction of sp³-hybridized carbons (Fsp3) is 0.138. The molecule has 0 bridgehead atoms. The minimum absolute atomic E-state index is 0.143. The van der Waals surface area contributed by atoms with Crippen molar-refractivity contribution in [3.63, 3.8) is 0 Å². The number of fused-ring (bicyclic) bond motifs is 1. The molecular weight excluding hydrogens is 472 g/mol. The van der Waals surface area contributed by atoms with Crippen molar-refractivity contribution in [2.24, 2.45) is 0 Å². The number of benzene rings is 4. The molecule has 0 fully saturated rings. The normalized spacial score (nSPS) is 15.9. The molecule has 0 saturated heterocycles. The molecule has 0 radical (unpaired) electrons. The second-order valence-electron chi connectivity index (χ2n) is 8.63. The van der Waals surface area contributed by atoms with Gasteiger partial charge in [-0.05, 0) is 47.9 Å². The van der Waals surface area contributed by atoms with Gasteiger partial charge in [0.15, 0.2) is 6.10 Å². The summed E-state index contributed by atoms with van der Waals surface area (Å²) in [4.78, 5) is 13.8. The average molecular weight is 499 g/mol. The van der Waals surface area contributed by atoms with Crippen LogP contribution in [0.2, 0.25) is 0 Å². The van der Waals surface area contributed by atoms with Crippen LogP contribution in [0.5, 0.6) is 5.75 Å². The van der Waals surface area contributed by atoms with E-state index in [9.17, 15) is 13.2 Å². The molecule has 4 aromatic rings. The highest BCUT2D eigenvalue weighted by molar-refractivity contribution is 7.92. The standard InChI is InChI=1S/C29H26N2O4S/c1-21-12-8-9-17-24(21)28(22-13-4-2-5-14-22)30-29(32)27-20-31(25-18-10-11-19-26(25)35-27)36(33,34)23-15-6-3-7-16-23/h2-19,27-28H,20H2,1H3,(H,30,32)/t27-,28+/m0/s1. The van der Waals surface area contributed by atoms with Gasteiger partial charge >= 0.3 is 0 Å². The number of sulfonamides is 1. The zero-order chi connectivity index (χ0) is 25.1. The molecule has 36 heavy (non-hydrogen) atoms. The van der Waals surface area contributed by atoms with E-state index in [4.69, 9.17) is 4.74 Å². The Morgan fingerprint density at radius 1 is 0.861 bits per heavy atom. The van der Waals surface area contributed by atoms with Crippen molar-refractivity contribution in [3.8, 4) is 5.75 Å². The number of carbonyl (C=O) groups excluding carboxylic acids is 1.